The maximum atomic E-state index is 12.2. The molecule has 5 heteroatoms. The van der Waals surface area contributed by atoms with Crippen molar-refractivity contribution in [2.75, 3.05) is 0 Å². The molecule has 1 heterocycles. The summed E-state index contributed by atoms with van der Waals surface area (Å²) in [4.78, 5) is 24.3. The van der Waals surface area contributed by atoms with Crippen LogP contribution in [0.15, 0.2) is 82.2 Å². The van der Waals surface area contributed by atoms with E-state index in [1.54, 1.807) is 24.4 Å². The fourth-order valence-corrected chi connectivity index (χ4v) is 2.56. The van der Waals surface area contributed by atoms with Gasteiger partial charge in [0.25, 0.3) is 5.56 Å². The van der Waals surface area contributed by atoms with Crippen molar-refractivity contribution in [1.29, 1.82) is 0 Å². The molecule has 0 fully saturated rings. The Morgan fingerprint density at radius 1 is 1.08 bits per heavy atom. The topological polar surface area (TPSA) is 52.0 Å². The molecule has 0 atom stereocenters. The molecule has 0 N–H and O–H groups in total. The van der Waals surface area contributed by atoms with E-state index in [-0.39, 0.29) is 11.3 Å². The molecule has 0 saturated heterocycles. The van der Waals surface area contributed by atoms with Gasteiger partial charge in [0.05, 0.1) is 12.7 Å². The first-order valence-corrected chi connectivity index (χ1v) is 8.50. The van der Waals surface area contributed by atoms with Crippen molar-refractivity contribution in [3.63, 3.8) is 0 Å². The second-order valence-electron chi connectivity index (χ2n) is 5.47. The number of hydrogen-bond acceptors (Lipinski definition) is 3. The molecule has 0 spiro atoms. The molecule has 2 aromatic carbocycles. The molecule has 124 valence electrons. The number of ketones is 1. The van der Waals surface area contributed by atoms with Gasteiger partial charge in [-0.2, -0.15) is 5.10 Å². The van der Waals surface area contributed by atoms with Gasteiger partial charge < -0.3 is 0 Å². The Labute approximate surface area is 153 Å². The zero-order valence-electron chi connectivity index (χ0n) is 13.3. The lowest BCUT2D eigenvalue weighted by molar-refractivity contribution is 0.104. The highest BCUT2D eigenvalue weighted by molar-refractivity contribution is 9.10. The van der Waals surface area contributed by atoms with Crippen LogP contribution < -0.4 is 5.56 Å². The SMILES string of the molecule is O=C(/C=C/c1cnn(Cc2ccccc2)c(=O)c1)c1ccc(Br)cc1. The maximum absolute atomic E-state index is 12.2. The monoisotopic (exact) mass is 394 g/mol. The number of nitrogens with zero attached hydrogens (tertiary/aromatic N) is 2. The molecule has 0 aliphatic carbocycles. The van der Waals surface area contributed by atoms with Gasteiger partial charge in [-0.3, -0.25) is 9.59 Å². The van der Waals surface area contributed by atoms with Crippen LogP contribution in [-0.4, -0.2) is 15.6 Å². The molecule has 0 unspecified atom stereocenters. The van der Waals surface area contributed by atoms with E-state index in [0.717, 1.165) is 10.0 Å². The third-order valence-corrected chi connectivity index (χ3v) is 4.15. The standard InChI is InChI=1S/C20H15BrN2O2/c21-18-9-7-17(8-10-18)19(24)11-6-16-12-20(25)23(22-13-16)14-15-4-2-1-3-5-15/h1-13H,14H2/b11-6+. The number of benzene rings is 2. The summed E-state index contributed by atoms with van der Waals surface area (Å²) >= 11 is 3.33. The first-order valence-electron chi connectivity index (χ1n) is 7.71. The number of halogens is 1. The summed E-state index contributed by atoms with van der Waals surface area (Å²) < 4.78 is 2.31. The van der Waals surface area contributed by atoms with Crippen molar-refractivity contribution >= 4 is 27.8 Å². The molecule has 1 aromatic heterocycles. The molecule has 0 amide bonds. The van der Waals surface area contributed by atoms with E-state index in [1.165, 1.54) is 16.8 Å². The highest BCUT2D eigenvalue weighted by atomic mass is 79.9. The molecule has 0 radical (unpaired) electrons. The average molecular weight is 395 g/mol. The molecule has 25 heavy (non-hydrogen) atoms. The molecule has 0 saturated carbocycles. The second kappa shape index (κ2) is 7.85. The van der Waals surface area contributed by atoms with E-state index in [1.807, 2.05) is 42.5 Å². The van der Waals surface area contributed by atoms with Gasteiger partial charge in [0.2, 0.25) is 0 Å². The minimum Gasteiger partial charge on any atom is -0.289 e. The molecular formula is C20H15BrN2O2. The predicted molar refractivity (Wildman–Crippen MR) is 102 cm³/mol. The van der Waals surface area contributed by atoms with E-state index in [2.05, 4.69) is 21.0 Å². The summed E-state index contributed by atoms with van der Waals surface area (Å²) in [7, 11) is 0. The summed E-state index contributed by atoms with van der Waals surface area (Å²) in [5, 5.41) is 4.17. The Morgan fingerprint density at radius 2 is 1.80 bits per heavy atom. The number of rotatable bonds is 5. The lowest BCUT2D eigenvalue weighted by atomic mass is 10.1. The van der Waals surface area contributed by atoms with Gasteiger partial charge in [-0.1, -0.05) is 46.3 Å². The van der Waals surface area contributed by atoms with Crippen LogP contribution in [0.3, 0.4) is 0 Å². The normalized spacial score (nSPS) is 10.9. The number of carbonyl (C=O) groups excluding carboxylic acids is 1. The van der Waals surface area contributed by atoms with Crippen LogP contribution in [0.1, 0.15) is 21.5 Å². The van der Waals surface area contributed by atoms with Gasteiger partial charge in [-0.15, -0.1) is 0 Å². The second-order valence-corrected chi connectivity index (χ2v) is 6.39. The predicted octanol–water partition coefficient (Wildman–Crippen LogP) is 3.95. The number of aromatic nitrogens is 2. The number of allylic oxidation sites excluding steroid dienone is 1. The van der Waals surface area contributed by atoms with Crippen LogP contribution in [0.25, 0.3) is 6.08 Å². The Hall–Kier alpha value is -2.79. The van der Waals surface area contributed by atoms with E-state index < -0.39 is 0 Å². The average Bonchev–Trinajstić information content (AvgIpc) is 2.63. The Bertz CT molecular complexity index is 961. The smallest absolute Gasteiger partial charge is 0.267 e. The molecular weight excluding hydrogens is 380 g/mol. The largest absolute Gasteiger partial charge is 0.289 e. The van der Waals surface area contributed by atoms with Crippen LogP contribution in [0, 0.1) is 0 Å². The molecule has 0 bridgehead atoms. The number of carbonyl (C=O) groups is 1. The minimum absolute atomic E-state index is 0.124. The van der Waals surface area contributed by atoms with Crippen LogP contribution in [-0.2, 0) is 6.54 Å². The van der Waals surface area contributed by atoms with Crippen molar-refractivity contribution in [2.24, 2.45) is 0 Å². The van der Waals surface area contributed by atoms with E-state index in [4.69, 9.17) is 0 Å². The molecule has 0 aliphatic rings. The van der Waals surface area contributed by atoms with Crippen molar-refractivity contribution in [3.8, 4) is 0 Å². The highest BCUT2D eigenvalue weighted by Crippen LogP contribution is 2.11. The first kappa shape index (κ1) is 17.0. The van der Waals surface area contributed by atoms with E-state index >= 15 is 0 Å². The first-order chi connectivity index (χ1) is 12.1. The van der Waals surface area contributed by atoms with Crippen molar-refractivity contribution in [1.82, 2.24) is 9.78 Å². The zero-order chi connectivity index (χ0) is 17.6. The lowest BCUT2D eigenvalue weighted by Gasteiger charge is -2.04. The summed E-state index contributed by atoms with van der Waals surface area (Å²) in [5.41, 5.74) is 1.98. The summed E-state index contributed by atoms with van der Waals surface area (Å²) in [6, 6.07) is 18.2. The molecule has 3 rings (SSSR count). The summed E-state index contributed by atoms with van der Waals surface area (Å²) in [5.74, 6) is -0.124. The zero-order valence-corrected chi connectivity index (χ0v) is 14.9. The number of hydrogen-bond donors (Lipinski definition) is 0. The Morgan fingerprint density at radius 3 is 2.48 bits per heavy atom. The molecule has 0 aliphatic heterocycles. The van der Waals surface area contributed by atoms with Crippen molar-refractivity contribution in [2.45, 2.75) is 6.54 Å². The van der Waals surface area contributed by atoms with E-state index in [0.29, 0.717) is 17.7 Å². The van der Waals surface area contributed by atoms with Gasteiger partial charge in [0.15, 0.2) is 5.78 Å². The van der Waals surface area contributed by atoms with Crippen LogP contribution in [0.2, 0.25) is 0 Å². The molecule has 4 nitrogen and oxygen atoms in total. The summed E-state index contributed by atoms with van der Waals surface area (Å²) in [6.07, 6.45) is 4.63. The van der Waals surface area contributed by atoms with Gasteiger partial charge in [0, 0.05) is 21.7 Å². The van der Waals surface area contributed by atoms with Crippen LogP contribution in [0.4, 0.5) is 0 Å². The fourth-order valence-electron chi connectivity index (χ4n) is 2.30. The van der Waals surface area contributed by atoms with Gasteiger partial charge >= 0.3 is 0 Å². The van der Waals surface area contributed by atoms with Crippen molar-refractivity contribution in [3.05, 3.63) is 104 Å². The summed E-state index contributed by atoms with van der Waals surface area (Å²) in [6.45, 7) is 0.418. The third kappa shape index (κ3) is 4.61. The van der Waals surface area contributed by atoms with Gasteiger partial charge in [0.1, 0.15) is 0 Å². The van der Waals surface area contributed by atoms with E-state index in [9.17, 15) is 9.59 Å². The minimum atomic E-state index is -0.206. The third-order valence-electron chi connectivity index (χ3n) is 3.62. The Kier molecular flexibility index (Phi) is 5.36. The van der Waals surface area contributed by atoms with Gasteiger partial charge in [-0.05, 0) is 42.0 Å². The maximum Gasteiger partial charge on any atom is 0.267 e. The van der Waals surface area contributed by atoms with Crippen LogP contribution in [0.5, 0.6) is 0 Å². The fraction of sp³-hybridized carbons (Fsp3) is 0.0500. The quantitative estimate of drug-likeness (QED) is 0.486. The van der Waals surface area contributed by atoms with Crippen LogP contribution >= 0.6 is 15.9 Å². The van der Waals surface area contributed by atoms with Crippen molar-refractivity contribution < 1.29 is 4.79 Å². The Balaban J connectivity index is 1.73. The highest BCUT2D eigenvalue weighted by Gasteiger charge is 2.03. The lowest BCUT2D eigenvalue weighted by Crippen LogP contribution is -2.22. The molecule has 3 aromatic rings. The van der Waals surface area contributed by atoms with Gasteiger partial charge in [-0.25, -0.2) is 4.68 Å².